The summed E-state index contributed by atoms with van der Waals surface area (Å²) in [6.45, 7) is 3.74. The van der Waals surface area contributed by atoms with Gasteiger partial charge in [0.25, 0.3) is 0 Å². The van der Waals surface area contributed by atoms with Crippen LogP contribution in [0.3, 0.4) is 0 Å². The molecule has 0 atom stereocenters. The number of pyridine rings is 1. The van der Waals surface area contributed by atoms with Gasteiger partial charge in [-0.15, -0.1) is 0 Å². The zero-order valence-electron chi connectivity index (χ0n) is 15.6. The maximum absolute atomic E-state index is 13.0. The highest BCUT2D eigenvalue weighted by molar-refractivity contribution is 9.10. The van der Waals surface area contributed by atoms with Crippen molar-refractivity contribution in [2.75, 3.05) is 27.4 Å². The van der Waals surface area contributed by atoms with Crippen LogP contribution >= 0.6 is 15.9 Å². The molecule has 0 aliphatic heterocycles. The lowest BCUT2D eigenvalue weighted by atomic mass is 10.2. The van der Waals surface area contributed by atoms with Crippen molar-refractivity contribution < 1.29 is 14.2 Å². The second-order valence-electron chi connectivity index (χ2n) is 5.93. The van der Waals surface area contributed by atoms with Crippen molar-refractivity contribution in [2.45, 2.75) is 20.0 Å². The number of ether oxygens (including phenoxy) is 3. The van der Waals surface area contributed by atoms with Gasteiger partial charge < -0.3 is 14.2 Å². The molecule has 2 heterocycles. The van der Waals surface area contributed by atoms with E-state index in [1.54, 1.807) is 29.6 Å². The molecule has 0 aliphatic rings. The van der Waals surface area contributed by atoms with Gasteiger partial charge in [-0.05, 0) is 46.6 Å². The van der Waals surface area contributed by atoms with Crippen LogP contribution in [-0.4, -0.2) is 41.6 Å². The number of imidazole rings is 1. The van der Waals surface area contributed by atoms with E-state index in [9.17, 15) is 4.79 Å². The molecule has 2 aromatic heterocycles. The second kappa shape index (κ2) is 8.58. The first-order chi connectivity index (χ1) is 13.1. The molecule has 3 aromatic rings. The average Bonchev–Trinajstić information content (AvgIpc) is 2.91. The van der Waals surface area contributed by atoms with Gasteiger partial charge in [0.15, 0.2) is 17.1 Å². The predicted molar refractivity (Wildman–Crippen MR) is 107 cm³/mol. The molecule has 3 rings (SSSR count). The lowest BCUT2D eigenvalue weighted by molar-refractivity contribution is 0.187. The Hall–Kier alpha value is -2.32. The SMILES string of the molecule is CCOc1cc(Cn2c(=O)n(CCOC)c3cc(Br)cnc32)ccc1OC. The van der Waals surface area contributed by atoms with Crippen molar-refractivity contribution in [3.8, 4) is 11.5 Å². The van der Waals surface area contributed by atoms with Crippen LogP contribution in [0, 0.1) is 0 Å². The molecule has 0 saturated heterocycles. The summed E-state index contributed by atoms with van der Waals surface area (Å²) in [5, 5.41) is 0. The van der Waals surface area contributed by atoms with Gasteiger partial charge in [-0.25, -0.2) is 9.78 Å². The largest absolute Gasteiger partial charge is 0.493 e. The maximum Gasteiger partial charge on any atom is 0.330 e. The normalized spacial score (nSPS) is 11.1. The summed E-state index contributed by atoms with van der Waals surface area (Å²) in [7, 11) is 3.22. The third-order valence-electron chi connectivity index (χ3n) is 4.21. The molecule has 0 N–H and O–H groups in total. The molecule has 0 radical (unpaired) electrons. The first kappa shape index (κ1) is 19.4. The van der Waals surface area contributed by atoms with Crippen LogP contribution in [0.25, 0.3) is 11.2 Å². The van der Waals surface area contributed by atoms with E-state index in [1.165, 1.54) is 0 Å². The summed E-state index contributed by atoms with van der Waals surface area (Å²) in [4.78, 5) is 17.5. The Kier molecular flexibility index (Phi) is 6.18. The zero-order valence-corrected chi connectivity index (χ0v) is 17.2. The summed E-state index contributed by atoms with van der Waals surface area (Å²) < 4.78 is 20.3. The molecule has 0 amide bonds. The Bertz CT molecular complexity index is 997. The molecule has 0 spiro atoms. The van der Waals surface area contributed by atoms with Crippen molar-refractivity contribution in [2.24, 2.45) is 0 Å². The quantitative estimate of drug-likeness (QED) is 0.543. The van der Waals surface area contributed by atoms with E-state index in [2.05, 4.69) is 20.9 Å². The summed E-state index contributed by atoms with van der Waals surface area (Å²) >= 11 is 3.43. The summed E-state index contributed by atoms with van der Waals surface area (Å²) in [5.74, 6) is 1.32. The first-order valence-corrected chi connectivity index (χ1v) is 9.41. The van der Waals surface area contributed by atoms with Gasteiger partial charge in [0.1, 0.15) is 0 Å². The second-order valence-corrected chi connectivity index (χ2v) is 6.84. The Balaban J connectivity index is 2.06. The fraction of sp³-hybridized carbons (Fsp3) is 0.368. The molecular formula is C19H22BrN3O4. The number of benzene rings is 1. The molecular weight excluding hydrogens is 414 g/mol. The van der Waals surface area contributed by atoms with Crippen molar-refractivity contribution in [1.29, 1.82) is 0 Å². The molecule has 144 valence electrons. The molecule has 0 saturated carbocycles. The zero-order chi connectivity index (χ0) is 19.4. The first-order valence-electron chi connectivity index (χ1n) is 8.62. The molecule has 0 unspecified atom stereocenters. The van der Waals surface area contributed by atoms with Crippen molar-refractivity contribution >= 4 is 27.1 Å². The van der Waals surface area contributed by atoms with E-state index in [4.69, 9.17) is 14.2 Å². The van der Waals surface area contributed by atoms with E-state index in [-0.39, 0.29) is 5.69 Å². The van der Waals surface area contributed by atoms with Crippen molar-refractivity contribution in [1.82, 2.24) is 14.1 Å². The standard InChI is InChI=1S/C19H22BrN3O4/c1-4-27-17-9-13(5-6-16(17)26-3)12-23-18-15(10-14(20)11-21-18)22(19(23)24)7-8-25-2/h5-6,9-11H,4,7-8,12H2,1-3H3. The highest BCUT2D eigenvalue weighted by Gasteiger charge is 2.16. The van der Waals surface area contributed by atoms with Gasteiger partial charge in [-0.3, -0.25) is 9.13 Å². The minimum Gasteiger partial charge on any atom is -0.493 e. The van der Waals surface area contributed by atoms with E-state index in [1.807, 2.05) is 31.2 Å². The molecule has 8 heteroatoms. The topological polar surface area (TPSA) is 67.5 Å². The average molecular weight is 436 g/mol. The highest BCUT2D eigenvalue weighted by atomic mass is 79.9. The smallest absolute Gasteiger partial charge is 0.330 e. The Morgan fingerprint density at radius 1 is 1.15 bits per heavy atom. The molecule has 27 heavy (non-hydrogen) atoms. The van der Waals surface area contributed by atoms with Gasteiger partial charge in [-0.2, -0.15) is 0 Å². The lowest BCUT2D eigenvalue weighted by Crippen LogP contribution is -2.26. The Morgan fingerprint density at radius 3 is 2.67 bits per heavy atom. The third kappa shape index (κ3) is 4.01. The van der Waals surface area contributed by atoms with Gasteiger partial charge in [0.05, 0.1) is 38.9 Å². The number of fused-ring (bicyclic) bond motifs is 1. The van der Waals surface area contributed by atoms with E-state index < -0.39 is 0 Å². The molecule has 1 aromatic carbocycles. The molecule has 0 aliphatic carbocycles. The molecule has 0 bridgehead atoms. The lowest BCUT2D eigenvalue weighted by Gasteiger charge is -2.11. The summed E-state index contributed by atoms with van der Waals surface area (Å²) in [6, 6.07) is 7.56. The Morgan fingerprint density at radius 2 is 1.96 bits per heavy atom. The van der Waals surface area contributed by atoms with Crippen LogP contribution in [0.15, 0.2) is 39.7 Å². The van der Waals surface area contributed by atoms with Crippen molar-refractivity contribution in [3.63, 3.8) is 0 Å². The van der Waals surface area contributed by atoms with E-state index >= 15 is 0 Å². The Labute approximate surface area is 165 Å². The van der Waals surface area contributed by atoms with Gasteiger partial charge >= 0.3 is 5.69 Å². The number of aromatic nitrogens is 3. The predicted octanol–water partition coefficient (Wildman–Crippen LogP) is 3.06. The fourth-order valence-electron chi connectivity index (χ4n) is 2.98. The number of hydrogen-bond donors (Lipinski definition) is 0. The minimum atomic E-state index is -0.124. The number of methoxy groups -OCH3 is 2. The van der Waals surface area contributed by atoms with E-state index in [0.29, 0.717) is 43.4 Å². The van der Waals surface area contributed by atoms with Crippen LogP contribution in [0.5, 0.6) is 11.5 Å². The van der Waals surface area contributed by atoms with Crippen LogP contribution in [0.2, 0.25) is 0 Å². The monoisotopic (exact) mass is 435 g/mol. The van der Waals surface area contributed by atoms with E-state index in [0.717, 1.165) is 15.6 Å². The number of rotatable bonds is 8. The van der Waals surface area contributed by atoms with Crippen LogP contribution in [-0.2, 0) is 17.8 Å². The molecule has 0 fully saturated rings. The minimum absolute atomic E-state index is 0.124. The summed E-state index contributed by atoms with van der Waals surface area (Å²) in [5.41, 5.74) is 2.20. The number of hydrogen-bond acceptors (Lipinski definition) is 5. The van der Waals surface area contributed by atoms with Gasteiger partial charge in [-0.1, -0.05) is 6.07 Å². The van der Waals surface area contributed by atoms with Crippen LogP contribution in [0.1, 0.15) is 12.5 Å². The summed E-state index contributed by atoms with van der Waals surface area (Å²) in [6.07, 6.45) is 1.69. The number of halogens is 1. The van der Waals surface area contributed by atoms with Crippen molar-refractivity contribution in [3.05, 3.63) is 51.0 Å². The van der Waals surface area contributed by atoms with Gasteiger partial charge in [0.2, 0.25) is 0 Å². The molecule has 7 nitrogen and oxygen atoms in total. The fourth-order valence-corrected chi connectivity index (χ4v) is 3.30. The van der Waals surface area contributed by atoms with Gasteiger partial charge in [0, 0.05) is 17.8 Å². The highest BCUT2D eigenvalue weighted by Crippen LogP contribution is 2.28. The van der Waals surface area contributed by atoms with Crippen LogP contribution in [0.4, 0.5) is 0 Å². The third-order valence-corrected chi connectivity index (χ3v) is 4.64. The number of nitrogens with zero attached hydrogens (tertiary/aromatic N) is 3. The maximum atomic E-state index is 13.0. The van der Waals surface area contributed by atoms with Crippen LogP contribution < -0.4 is 15.2 Å².